The summed E-state index contributed by atoms with van der Waals surface area (Å²) in [6.07, 6.45) is 0.817. The number of ether oxygens (including phenoxy) is 1. The highest BCUT2D eigenvalue weighted by Gasteiger charge is 2.41. The highest BCUT2D eigenvalue weighted by molar-refractivity contribution is 6.30. The Balaban J connectivity index is 2.35. The van der Waals surface area contributed by atoms with Gasteiger partial charge in [-0.25, -0.2) is 4.79 Å². The second-order valence-corrected chi connectivity index (χ2v) is 5.24. The number of likely N-dealkylation sites (tertiary alicyclic amines) is 1. The van der Waals surface area contributed by atoms with Gasteiger partial charge in [0.25, 0.3) is 0 Å². The first-order valence-corrected chi connectivity index (χ1v) is 6.97. The van der Waals surface area contributed by atoms with E-state index in [0.29, 0.717) is 11.4 Å². The molecular weight excluding hydrogens is 292 g/mol. The molecule has 1 aliphatic rings. The molecule has 110 valence electrons. The summed E-state index contributed by atoms with van der Waals surface area (Å²) in [4.78, 5) is 25.5. The Morgan fingerprint density at radius 3 is 2.76 bits per heavy atom. The number of nitrogens with zero attached hydrogens (tertiary/aromatic N) is 2. The fourth-order valence-corrected chi connectivity index (χ4v) is 2.73. The van der Waals surface area contributed by atoms with Gasteiger partial charge in [0, 0.05) is 11.4 Å². The zero-order chi connectivity index (χ0) is 15.4. The third-order valence-corrected chi connectivity index (χ3v) is 3.86. The van der Waals surface area contributed by atoms with Crippen LogP contribution in [0.5, 0.6) is 0 Å². The summed E-state index contributed by atoms with van der Waals surface area (Å²) in [6, 6.07) is 7.93. The van der Waals surface area contributed by atoms with Crippen molar-refractivity contribution in [1.82, 2.24) is 4.90 Å². The lowest BCUT2D eigenvalue weighted by Gasteiger charge is -2.31. The summed E-state index contributed by atoms with van der Waals surface area (Å²) >= 11 is 5.86. The molecule has 1 fully saturated rings. The van der Waals surface area contributed by atoms with Crippen molar-refractivity contribution >= 4 is 23.5 Å². The standard InChI is InChI=1S/C15H15ClN2O3/c1-21-15(20)13-6-7-14(19)18(13)12(8-9-17)10-2-4-11(16)5-3-10/h2-5,12-13H,6-8H2,1H3. The molecule has 0 bridgehead atoms. The molecule has 6 heteroatoms. The molecule has 0 radical (unpaired) electrons. The van der Waals surface area contributed by atoms with Crippen LogP contribution in [0.1, 0.15) is 30.9 Å². The molecule has 0 saturated carbocycles. The average Bonchev–Trinajstić information content (AvgIpc) is 2.87. The minimum atomic E-state index is -0.628. The van der Waals surface area contributed by atoms with Crippen LogP contribution in [0.25, 0.3) is 0 Å². The van der Waals surface area contributed by atoms with E-state index in [9.17, 15) is 9.59 Å². The minimum absolute atomic E-state index is 0.112. The molecule has 2 unspecified atom stereocenters. The average molecular weight is 307 g/mol. The Kier molecular flexibility index (Phi) is 4.81. The number of amides is 1. The van der Waals surface area contributed by atoms with Crippen molar-refractivity contribution in [2.24, 2.45) is 0 Å². The molecule has 1 heterocycles. The van der Waals surface area contributed by atoms with Gasteiger partial charge in [0.05, 0.1) is 25.6 Å². The molecule has 1 amide bonds. The molecule has 0 aromatic heterocycles. The molecule has 0 aliphatic carbocycles. The van der Waals surface area contributed by atoms with Crippen LogP contribution < -0.4 is 0 Å². The van der Waals surface area contributed by atoms with Crippen molar-refractivity contribution < 1.29 is 14.3 Å². The van der Waals surface area contributed by atoms with E-state index in [2.05, 4.69) is 6.07 Å². The fraction of sp³-hybridized carbons (Fsp3) is 0.400. The Labute approximate surface area is 128 Å². The van der Waals surface area contributed by atoms with Crippen molar-refractivity contribution in [2.75, 3.05) is 7.11 Å². The zero-order valence-corrected chi connectivity index (χ0v) is 12.3. The molecule has 1 saturated heterocycles. The maximum Gasteiger partial charge on any atom is 0.328 e. The van der Waals surface area contributed by atoms with Crippen molar-refractivity contribution in [3.63, 3.8) is 0 Å². The lowest BCUT2D eigenvalue weighted by atomic mass is 10.0. The van der Waals surface area contributed by atoms with E-state index in [0.717, 1.165) is 5.56 Å². The maximum atomic E-state index is 12.1. The van der Waals surface area contributed by atoms with Crippen LogP contribution in [-0.4, -0.2) is 29.9 Å². The van der Waals surface area contributed by atoms with Crippen LogP contribution in [0, 0.1) is 11.3 Å². The van der Waals surface area contributed by atoms with Gasteiger partial charge in [0.1, 0.15) is 6.04 Å². The van der Waals surface area contributed by atoms with Crippen molar-refractivity contribution in [1.29, 1.82) is 5.26 Å². The second kappa shape index (κ2) is 6.59. The van der Waals surface area contributed by atoms with Crippen LogP contribution >= 0.6 is 11.6 Å². The van der Waals surface area contributed by atoms with Gasteiger partial charge in [-0.05, 0) is 24.1 Å². The van der Waals surface area contributed by atoms with Crippen molar-refractivity contribution in [3.05, 3.63) is 34.9 Å². The molecule has 1 aromatic carbocycles. The van der Waals surface area contributed by atoms with Crippen LogP contribution in [-0.2, 0) is 14.3 Å². The fourth-order valence-electron chi connectivity index (χ4n) is 2.61. The van der Waals surface area contributed by atoms with Crippen molar-refractivity contribution in [2.45, 2.75) is 31.3 Å². The zero-order valence-electron chi connectivity index (χ0n) is 11.6. The number of halogens is 1. The van der Waals surface area contributed by atoms with Gasteiger partial charge < -0.3 is 9.64 Å². The summed E-state index contributed by atoms with van der Waals surface area (Å²) in [7, 11) is 1.30. The molecule has 2 atom stereocenters. The number of hydrogen-bond acceptors (Lipinski definition) is 4. The van der Waals surface area contributed by atoms with E-state index in [1.165, 1.54) is 12.0 Å². The van der Waals surface area contributed by atoms with E-state index in [1.54, 1.807) is 24.3 Å². The third kappa shape index (κ3) is 3.17. The summed E-state index contributed by atoms with van der Waals surface area (Å²) in [6.45, 7) is 0. The summed E-state index contributed by atoms with van der Waals surface area (Å²) in [5, 5.41) is 9.63. The Morgan fingerprint density at radius 1 is 1.52 bits per heavy atom. The lowest BCUT2D eigenvalue weighted by Crippen LogP contribution is -2.41. The van der Waals surface area contributed by atoms with E-state index >= 15 is 0 Å². The number of benzene rings is 1. The topological polar surface area (TPSA) is 70.4 Å². The smallest absolute Gasteiger partial charge is 0.328 e. The molecule has 1 aliphatic heterocycles. The number of carbonyl (C=O) groups is 2. The van der Waals surface area contributed by atoms with Gasteiger partial charge in [-0.2, -0.15) is 5.26 Å². The molecule has 2 rings (SSSR count). The number of carbonyl (C=O) groups excluding carboxylic acids is 2. The van der Waals surface area contributed by atoms with Crippen LogP contribution in [0.4, 0.5) is 0 Å². The van der Waals surface area contributed by atoms with E-state index in [1.807, 2.05) is 0 Å². The third-order valence-electron chi connectivity index (χ3n) is 3.60. The number of methoxy groups -OCH3 is 1. The van der Waals surface area contributed by atoms with Gasteiger partial charge in [-0.1, -0.05) is 23.7 Å². The molecular formula is C15H15ClN2O3. The molecule has 21 heavy (non-hydrogen) atoms. The van der Waals surface area contributed by atoms with Crippen molar-refractivity contribution in [3.8, 4) is 6.07 Å². The van der Waals surface area contributed by atoms with Gasteiger partial charge >= 0.3 is 5.97 Å². The lowest BCUT2D eigenvalue weighted by molar-refractivity contribution is -0.150. The summed E-state index contributed by atoms with van der Waals surface area (Å²) in [5.41, 5.74) is 0.783. The SMILES string of the molecule is COC(=O)C1CCC(=O)N1C(CC#N)c1ccc(Cl)cc1. The second-order valence-electron chi connectivity index (χ2n) is 4.81. The van der Waals surface area contributed by atoms with Gasteiger partial charge in [-0.15, -0.1) is 0 Å². The first-order chi connectivity index (χ1) is 10.1. The predicted molar refractivity (Wildman–Crippen MR) is 76.3 cm³/mol. The van der Waals surface area contributed by atoms with E-state index in [-0.39, 0.29) is 18.7 Å². The van der Waals surface area contributed by atoms with Crippen LogP contribution in [0.15, 0.2) is 24.3 Å². The van der Waals surface area contributed by atoms with Crippen LogP contribution in [0.2, 0.25) is 5.02 Å². The van der Waals surface area contributed by atoms with E-state index < -0.39 is 18.1 Å². The maximum absolute atomic E-state index is 12.1. The Hall–Kier alpha value is -2.06. The molecule has 0 N–H and O–H groups in total. The molecule has 0 spiro atoms. The number of rotatable bonds is 4. The largest absolute Gasteiger partial charge is 0.467 e. The minimum Gasteiger partial charge on any atom is -0.467 e. The number of esters is 1. The summed E-state index contributed by atoms with van der Waals surface area (Å²) < 4.78 is 4.76. The predicted octanol–water partition coefficient (Wildman–Crippen LogP) is 2.46. The Bertz CT molecular complexity index is 580. The van der Waals surface area contributed by atoms with Gasteiger partial charge in [0.2, 0.25) is 5.91 Å². The number of hydrogen-bond donors (Lipinski definition) is 0. The summed E-state index contributed by atoms with van der Waals surface area (Å²) in [5.74, 6) is -0.585. The quantitative estimate of drug-likeness (QED) is 0.801. The molecule has 1 aromatic rings. The first-order valence-electron chi connectivity index (χ1n) is 6.60. The highest BCUT2D eigenvalue weighted by Crippen LogP contribution is 2.33. The first kappa shape index (κ1) is 15.3. The monoisotopic (exact) mass is 306 g/mol. The highest BCUT2D eigenvalue weighted by atomic mass is 35.5. The molecule has 5 nitrogen and oxygen atoms in total. The number of nitriles is 1. The van der Waals surface area contributed by atoms with Gasteiger partial charge in [0.15, 0.2) is 0 Å². The Morgan fingerprint density at radius 2 is 2.19 bits per heavy atom. The van der Waals surface area contributed by atoms with E-state index in [4.69, 9.17) is 21.6 Å². The van der Waals surface area contributed by atoms with Gasteiger partial charge in [-0.3, -0.25) is 4.79 Å². The normalized spacial score (nSPS) is 19.2. The van der Waals surface area contributed by atoms with Crippen LogP contribution in [0.3, 0.4) is 0 Å².